The molecule has 96 valence electrons. The monoisotopic (exact) mass is 250 g/mol. The molecule has 2 rings (SSSR count). The van der Waals surface area contributed by atoms with Crippen molar-refractivity contribution in [2.24, 2.45) is 5.73 Å². The van der Waals surface area contributed by atoms with E-state index in [2.05, 4.69) is 25.9 Å². The summed E-state index contributed by atoms with van der Waals surface area (Å²) in [6.45, 7) is 2.00. The fourth-order valence-electron chi connectivity index (χ4n) is 1.37. The fourth-order valence-corrected chi connectivity index (χ4v) is 1.37. The van der Waals surface area contributed by atoms with Crippen LogP contribution in [0.25, 0.3) is 0 Å². The highest BCUT2D eigenvalue weighted by Crippen LogP contribution is 1.92. The van der Waals surface area contributed by atoms with E-state index in [0.29, 0.717) is 26.2 Å². The summed E-state index contributed by atoms with van der Waals surface area (Å²) in [7, 11) is 0. The van der Waals surface area contributed by atoms with Crippen molar-refractivity contribution in [1.29, 1.82) is 0 Å². The van der Waals surface area contributed by atoms with Crippen LogP contribution >= 0.6 is 0 Å². The number of carbonyl (C=O) groups excluding carboxylic acids is 1. The van der Waals surface area contributed by atoms with E-state index in [1.54, 1.807) is 23.3 Å². The van der Waals surface area contributed by atoms with Crippen molar-refractivity contribution in [2.45, 2.75) is 13.1 Å². The molecular weight excluding hydrogens is 236 g/mol. The van der Waals surface area contributed by atoms with Gasteiger partial charge in [0.25, 0.3) is 5.91 Å². The number of hydrogen-bond donors (Lipinski definition) is 2. The maximum Gasteiger partial charge on any atom is 0.273 e. The molecule has 0 aliphatic carbocycles. The quantitative estimate of drug-likeness (QED) is 0.628. The summed E-state index contributed by atoms with van der Waals surface area (Å²) in [5.41, 5.74) is 5.66. The molecular formula is C9H14N8O. The first-order chi connectivity index (χ1) is 8.79. The first-order valence-electron chi connectivity index (χ1n) is 5.52. The van der Waals surface area contributed by atoms with Crippen LogP contribution in [0.4, 0.5) is 0 Å². The van der Waals surface area contributed by atoms with Gasteiger partial charge in [0.15, 0.2) is 5.69 Å². The average Bonchev–Trinajstić information content (AvgIpc) is 3.00. The lowest BCUT2D eigenvalue weighted by atomic mass is 10.4. The van der Waals surface area contributed by atoms with Crippen LogP contribution in [0.1, 0.15) is 10.5 Å². The molecule has 2 heterocycles. The van der Waals surface area contributed by atoms with Gasteiger partial charge >= 0.3 is 0 Å². The second kappa shape index (κ2) is 5.87. The van der Waals surface area contributed by atoms with Gasteiger partial charge in [0, 0.05) is 19.3 Å². The van der Waals surface area contributed by atoms with Gasteiger partial charge in [0.2, 0.25) is 0 Å². The summed E-state index contributed by atoms with van der Waals surface area (Å²) in [6.07, 6.45) is 4.88. The topological polar surface area (TPSA) is 117 Å². The fraction of sp³-hybridized carbons (Fsp3) is 0.444. The van der Waals surface area contributed by atoms with Crippen molar-refractivity contribution in [2.75, 3.05) is 13.1 Å². The van der Waals surface area contributed by atoms with E-state index in [-0.39, 0.29) is 11.6 Å². The van der Waals surface area contributed by atoms with Gasteiger partial charge in [-0.05, 0) is 0 Å². The summed E-state index contributed by atoms with van der Waals surface area (Å²) in [4.78, 5) is 11.7. The Morgan fingerprint density at radius 2 is 2.22 bits per heavy atom. The lowest BCUT2D eigenvalue weighted by Gasteiger charge is -2.02. The van der Waals surface area contributed by atoms with Crippen molar-refractivity contribution in [1.82, 2.24) is 35.3 Å². The molecule has 0 aromatic carbocycles. The summed E-state index contributed by atoms with van der Waals surface area (Å²) in [5, 5.41) is 17.7. The summed E-state index contributed by atoms with van der Waals surface area (Å²) in [5.74, 6) is -0.265. The molecule has 0 aliphatic heterocycles. The highest BCUT2D eigenvalue weighted by Gasteiger charge is 2.09. The molecule has 0 spiro atoms. The number of hydrogen-bond acceptors (Lipinski definition) is 6. The molecule has 1 amide bonds. The molecule has 0 atom stereocenters. The Morgan fingerprint density at radius 3 is 2.94 bits per heavy atom. The highest BCUT2D eigenvalue weighted by molar-refractivity contribution is 5.91. The molecule has 0 saturated heterocycles. The second-order valence-electron chi connectivity index (χ2n) is 3.58. The van der Waals surface area contributed by atoms with Gasteiger partial charge in [-0.2, -0.15) is 0 Å². The Morgan fingerprint density at radius 1 is 1.33 bits per heavy atom. The van der Waals surface area contributed by atoms with E-state index in [4.69, 9.17) is 5.73 Å². The molecule has 9 heteroatoms. The third-order valence-electron chi connectivity index (χ3n) is 2.23. The first-order valence-corrected chi connectivity index (χ1v) is 5.52. The summed E-state index contributed by atoms with van der Waals surface area (Å²) >= 11 is 0. The van der Waals surface area contributed by atoms with E-state index in [0.717, 1.165) is 0 Å². The van der Waals surface area contributed by atoms with Gasteiger partial charge in [0.05, 0.1) is 25.5 Å². The molecule has 0 saturated carbocycles. The number of amides is 1. The highest BCUT2D eigenvalue weighted by atomic mass is 16.2. The Kier molecular flexibility index (Phi) is 3.97. The molecule has 3 N–H and O–H groups in total. The first kappa shape index (κ1) is 12.2. The van der Waals surface area contributed by atoms with Gasteiger partial charge in [-0.1, -0.05) is 10.4 Å². The molecule has 0 bridgehead atoms. The van der Waals surface area contributed by atoms with E-state index < -0.39 is 0 Å². The van der Waals surface area contributed by atoms with E-state index in [9.17, 15) is 4.79 Å². The maximum absolute atomic E-state index is 11.7. The van der Waals surface area contributed by atoms with E-state index in [1.807, 2.05) is 0 Å². The second-order valence-corrected chi connectivity index (χ2v) is 3.58. The van der Waals surface area contributed by atoms with Gasteiger partial charge in [0.1, 0.15) is 0 Å². The number of nitrogens with two attached hydrogens (primary N) is 1. The summed E-state index contributed by atoms with van der Waals surface area (Å²) in [6, 6.07) is 0. The van der Waals surface area contributed by atoms with Gasteiger partial charge in [-0.15, -0.1) is 10.2 Å². The number of rotatable bonds is 6. The molecule has 2 aromatic heterocycles. The molecule has 2 aromatic rings. The van der Waals surface area contributed by atoms with E-state index in [1.165, 1.54) is 4.68 Å². The molecule has 18 heavy (non-hydrogen) atoms. The smallest absolute Gasteiger partial charge is 0.273 e. The minimum atomic E-state index is -0.265. The third-order valence-corrected chi connectivity index (χ3v) is 2.23. The van der Waals surface area contributed by atoms with Crippen molar-refractivity contribution in [3.8, 4) is 0 Å². The largest absolute Gasteiger partial charge is 0.349 e. The molecule has 0 unspecified atom stereocenters. The third kappa shape index (κ3) is 3.10. The SMILES string of the molecule is NCCn1cc(C(=O)NCCn2ccnn2)nn1. The standard InChI is InChI=1S/C9H14N8O/c10-1-4-17-7-8(13-15-17)9(18)11-2-5-16-6-3-12-14-16/h3,6-7H,1-2,4-5,10H2,(H,11,18). The predicted molar refractivity (Wildman–Crippen MR) is 61.4 cm³/mol. The van der Waals surface area contributed by atoms with Crippen LogP contribution in [0.5, 0.6) is 0 Å². The molecule has 0 radical (unpaired) electrons. The number of nitrogens with zero attached hydrogens (tertiary/aromatic N) is 6. The van der Waals surface area contributed by atoms with Crippen molar-refractivity contribution < 1.29 is 4.79 Å². The normalized spacial score (nSPS) is 10.5. The molecule has 0 fully saturated rings. The Bertz CT molecular complexity index is 490. The lowest BCUT2D eigenvalue weighted by molar-refractivity contribution is 0.0947. The lowest BCUT2D eigenvalue weighted by Crippen LogP contribution is -2.27. The minimum Gasteiger partial charge on any atom is -0.349 e. The van der Waals surface area contributed by atoms with Crippen LogP contribution in [0.2, 0.25) is 0 Å². The maximum atomic E-state index is 11.7. The predicted octanol–water partition coefficient (Wildman–Crippen LogP) is -1.74. The molecule has 9 nitrogen and oxygen atoms in total. The summed E-state index contributed by atoms with van der Waals surface area (Å²) < 4.78 is 3.16. The van der Waals surface area contributed by atoms with Gasteiger partial charge in [-0.3, -0.25) is 14.2 Å². The van der Waals surface area contributed by atoms with Crippen molar-refractivity contribution >= 4 is 5.91 Å². The van der Waals surface area contributed by atoms with E-state index >= 15 is 0 Å². The zero-order valence-electron chi connectivity index (χ0n) is 9.73. The zero-order valence-corrected chi connectivity index (χ0v) is 9.73. The van der Waals surface area contributed by atoms with Gasteiger partial charge < -0.3 is 11.1 Å². The van der Waals surface area contributed by atoms with Crippen molar-refractivity contribution in [3.05, 3.63) is 24.3 Å². The van der Waals surface area contributed by atoms with Crippen LogP contribution in [-0.2, 0) is 13.1 Å². The van der Waals surface area contributed by atoms with Crippen LogP contribution in [0.15, 0.2) is 18.6 Å². The Labute approximate surface area is 103 Å². The average molecular weight is 250 g/mol. The van der Waals surface area contributed by atoms with Crippen molar-refractivity contribution in [3.63, 3.8) is 0 Å². The number of carbonyl (C=O) groups is 1. The van der Waals surface area contributed by atoms with Gasteiger partial charge in [-0.25, -0.2) is 0 Å². The molecule has 0 aliphatic rings. The van der Waals surface area contributed by atoms with Crippen LogP contribution in [0.3, 0.4) is 0 Å². The number of aromatic nitrogens is 6. The van der Waals surface area contributed by atoms with Crippen LogP contribution in [0, 0.1) is 0 Å². The van der Waals surface area contributed by atoms with Crippen LogP contribution in [-0.4, -0.2) is 49.0 Å². The Hall–Kier alpha value is -2.29. The van der Waals surface area contributed by atoms with Crippen LogP contribution < -0.4 is 11.1 Å². The zero-order chi connectivity index (χ0) is 12.8. The minimum absolute atomic E-state index is 0.265. The number of nitrogens with one attached hydrogen (secondary N) is 1. The Balaban J connectivity index is 1.80.